The normalized spacial score (nSPS) is 19.9. The Hall–Kier alpha value is -3.45. The van der Waals surface area contributed by atoms with Crippen molar-refractivity contribution in [2.75, 3.05) is 19.6 Å². The Labute approximate surface area is 219 Å². The molecule has 0 bridgehead atoms. The standard InChI is InChI=1S/C30H37N5O2/c1-22-12-14-23(15-13-22)26-19-28(26)31-16-8-11-27(30(37)34-17-6-3-7-18-34)33-29(36)24-20-32-35(21-24)25-9-4-2-5-10-25/h2,4-5,9-10,12-15,20-21,26-28,31H,3,6-8,11,16-19H2,1H3,(H,33,36)/t26-,27-,28+/m0/s1. The van der Waals surface area contributed by atoms with Crippen LogP contribution in [0.5, 0.6) is 0 Å². The molecule has 1 saturated heterocycles. The highest BCUT2D eigenvalue weighted by atomic mass is 16.2. The molecular formula is C30H37N5O2. The third-order valence-electron chi connectivity index (χ3n) is 7.51. The van der Waals surface area contributed by atoms with E-state index in [1.807, 2.05) is 35.2 Å². The molecule has 1 aromatic heterocycles. The third kappa shape index (κ3) is 6.46. The Morgan fingerprint density at radius 3 is 2.54 bits per heavy atom. The molecule has 37 heavy (non-hydrogen) atoms. The molecule has 2 fully saturated rings. The van der Waals surface area contributed by atoms with E-state index in [-0.39, 0.29) is 11.8 Å². The lowest BCUT2D eigenvalue weighted by Crippen LogP contribution is -2.50. The van der Waals surface area contributed by atoms with Crippen LogP contribution < -0.4 is 10.6 Å². The lowest BCUT2D eigenvalue weighted by atomic mass is 10.1. The van der Waals surface area contributed by atoms with Gasteiger partial charge in [-0.05, 0) is 69.7 Å². The summed E-state index contributed by atoms with van der Waals surface area (Å²) >= 11 is 0. The number of likely N-dealkylation sites (tertiary alicyclic amines) is 1. The van der Waals surface area contributed by atoms with Crippen molar-refractivity contribution < 1.29 is 9.59 Å². The van der Waals surface area contributed by atoms with E-state index < -0.39 is 6.04 Å². The van der Waals surface area contributed by atoms with E-state index in [0.717, 1.165) is 57.4 Å². The second-order valence-electron chi connectivity index (χ2n) is 10.4. The maximum Gasteiger partial charge on any atom is 0.255 e. The molecule has 1 aliphatic carbocycles. The van der Waals surface area contributed by atoms with Crippen LogP contribution in [0.3, 0.4) is 0 Å². The number of para-hydroxylation sites is 1. The molecule has 2 amide bonds. The van der Waals surface area contributed by atoms with Crippen molar-refractivity contribution in [3.05, 3.63) is 83.7 Å². The molecule has 2 heterocycles. The number of nitrogens with one attached hydrogen (secondary N) is 2. The Morgan fingerprint density at radius 2 is 1.78 bits per heavy atom. The van der Waals surface area contributed by atoms with Gasteiger partial charge in [0.05, 0.1) is 17.4 Å². The van der Waals surface area contributed by atoms with Crippen LogP contribution in [0.25, 0.3) is 5.69 Å². The minimum absolute atomic E-state index is 0.0347. The molecule has 2 aliphatic rings. The molecule has 3 atom stereocenters. The van der Waals surface area contributed by atoms with Crippen LogP contribution in [-0.4, -0.2) is 58.2 Å². The van der Waals surface area contributed by atoms with Gasteiger partial charge in [0.1, 0.15) is 6.04 Å². The van der Waals surface area contributed by atoms with E-state index in [1.54, 1.807) is 17.1 Å². The van der Waals surface area contributed by atoms with Crippen LogP contribution in [0.15, 0.2) is 67.0 Å². The molecule has 2 N–H and O–H groups in total. The molecule has 194 valence electrons. The van der Waals surface area contributed by atoms with Crippen molar-refractivity contribution in [2.24, 2.45) is 0 Å². The van der Waals surface area contributed by atoms with E-state index in [4.69, 9.17) is 0 Å². The SMILES string of the molecule is Cc1ccc([C@@H]2C[C@H]2NCCC[C@H](NC(=O)c2cnn(-c3ccccc3)c2)C(=O)N2CCCCC2)cc1. The Morgan fingerprint density at radius 1 is 1.03 bits per heavy atom. The van der Waals surface area contributed by atoms with Crippen LogP contribution in [0.4, 0.5) is 0 Å². The van der Waals surface area contributed by atoms with E-state index in [1.165, 1.54) is 11.1 Å². The predicted octanol–water partition coefficient (Wildman–Crippen LogP) is 4.22. The van der Waals surface area contributed by atoms with Gasteiger partial charge in [-0.2, -0.15) is 5.10 Å². The first kappa shape index (κ1) is 25.2. The Balaban J connectivity index is 1.16. The van der Waals surface area contributed by atoms with Gasteiger partial charge in [0, 0.05) is 31.2 Å². The molecule has 5 rings (SSSR count). The van der Waals surface area contributed by atoms with Crippen molar-refractivity contribution in [1.29, 1.82) is 0 Å². The van der Waals surface area contributed by atoms with E-state index in [0.29, 0.717) is 23.9 Å². The molecule has 2 aromatic carbocycles. The summed E-state index contributed by atoms with van der Waals surface area (Å²) in [5, 5.41) is 11.0. The number of benzene rings is 2. The van der Waals surface area contributed by atoms with Gasteiger partial charge in [0.25, 0.3) is 5.91 Å². The summed E-state index contributed by atoms with van der Waals surface area (Å²) in [4.78, 5) is 28.4. The van der Waals surface area contributed by atoms with E-state index >= 15 is 0 Å². The molecule has 3 aromatic rings. The Kier molecular flexibility index (Phi) is 7.99. The monoisotopic (exact) mass is 499 g/mol. The number of piperidine rings is 1. The number of aryl methyl sites for hydroxylation is 1. The molecule has 0 unspecified atom stereocenters. The van der Waals surface area contributed by atoms with Crippen LogP contribution >= 0.6 is 0 Å². The van der Waals surface area contributed by atoms with Crippen molar-refractivity contribution in [1.82, 2.24) is 25.3 Å². The van der Waals surface area contributed by atoms with Crippen LogP contribution in [-0.2, 0) is 4.79 Å². The first-order valence-electron chi connectivity index (χ1n) is 13.6. The topological polar surface area (TPSA) is 79.3 Å². The zero-order chi connectivity index (χ0) is 25.6. The highest BCUT2D eigenvalue weighted by molar-refractivity contribution is 5.97. The number of amides is 2. The summed E-state index contributed by atoms with van der Waals surface area (Å²) in [5.41, 5.74) is 4.02. The first-order valence-corrected chi connectivity index (χ1v) is 13.6. The lowest BCUT2D eigenvalue weighted by molar-refractivity contribution is -0.134. The van der Waals surface area contributed by atoms with Crippen LogP contribution in [0.1, 0.15) is 65.9 Å². The molecule has 7 nitrogen and oxygen atoms in total. The zero-order valence-corrected chi connectivity index (χ0v) is 21.6. The summed E-state index contributed by atoms with van der Waals surface area (Å²) in [6, 6.07) is 18.5. The first-order chi connectivity index (χ1) is 18.1. The molecule has 1 saturated carbocycles. The Bertz CT molecular complexity index is 1180. The third-order valence-corrected chi connectivity index (χ3v) is 7.51. The van der Waals surface area contributed by atoms with Crippen molar-refractivity contribution in [2.45, 2.75) is 63.5 Å². The number of nitrogens with zero attached hydrogens (tertiary/aromatic N) is 3. The highest BCUT2D eigenvalue weighted by Crippen LogP contribution is 2.40. The van der Waals surface area contributed by atoms with E-state index in [9.17, 15) is 9.59 Å². The summed E-state index contributed by atoms with van der Waals surface area (Å²) in [7, 11) is 0. The second kappa shape index (κ2) is 11.7. The minimum atomic E-state index is -0.528. The fraction of sp³-hybridized carbons (Fsp3) is 0.433. The van der Waals surface area contributed by atoms with Crippen molar-refractivity contribution in [3.63, 3.8) is 0 Å². The van der Waals surface area contributed by atoms with E-state index in [2.05, 4.69) is 46.9 Å². The highest BCUT2D eigenvalue weighted by Gasteiger charge is 2.37. The van der Waals surface area contributed by atoms with Crippen LogP contribution in [0, 0.1) is 6.92 Å². The van der Waals surface area contributed by atoms with Gasteiger partial charge >= 0.3 is 0 Å². The maximum absolute atomic E-state index is 13.4. The van der Waals surface area contributed by atoms with Crippen molar-refractivity contribution >= 4 is 11.8 Å². The summed E-state index contributed by atoms with van der Waals surface area (Å²) < 4.78 is 1.68. The number of aromatic nitrogens is 2. The lowest BCUT2D eigenvalue weighted by Gasteiger charge is -2.30. The minimum Gasteiger partial charge on any atom is -0.341 e. The fourth-order valence-corrected chi connectivity index (χ4v) is 5.19. The van der Waals surface area contributed by atoms with Crippen LogP contribution in [0.2, 0.25) is 0 Å². The quantitative estimate of drug-likeness (QED) is 0.410. The number of hydrogen-bond acceptors (Lipinski definition) is 4. The summed E-state index contributed by atoms with van der Waals surface area (Å²) in [5.74, 6) is 0.354. The molecule has 1 aliphatic heterocycles. The summed E-state index contributed by atoms with van der Waals surface area (Å²) in [6.07, 6.45) is 9.08. The average molecular weight is 500 g/mol. The maximum atomic E-state index is 13.4. The fourth-order valence-electron chi connectivity index (χ4n) is 5.19. The molecular weight excluding hydrogens is 462 g/mol. The van der Waals surface area contributed by atoms with Gasteiger partial charge in [0.15, 0.2) is 0 Å². The average Bonchev–Trinajstić information content (AvgIpc) is 3.53. The molecule has 0 radical (unpaired) electrons. The van der Waals surface area contributed by atoms with Gasteiger partial charge in [-0.25, -0.2) is 4.68 Å². The van der Waals surface area contributed by atoms with Gasteiger partial charge in [-0.3, -0.25) is 9.59 Å². The van der Waals surface area contributed by atoms with Gasteiger partial charge < -0.3 is 15.5 Å². The van der Waals surface area contributed by atoms with Crippen molar-refractivity contribution in [3.8, 4) is 5.69 Å². The predicted molar refractivity (Wildman–Crippen MR) is 145 cm³/mol. The zero-order valence-electron chi connectivity index (χ0n) is 21.6. The van der Waals surface area contributed by atoms with Gasteiger partial charge in [0.2, 0.25) is 5.91 Å². The number of hydrogen-bond donors (Lipinski definition) is 2. The van der Waals surface area contributed by atoms with Gasteiger partial charge in [-0.1, -0.05) is 48.0 Å². The van der Waals surface area contributed by atoms with Gasteiger partial charge in [-0.15, -0.1) is 0 Å². The smallest absolute Gasteiger partial charge is 0.255 e. The molecule has 7 heteroatoms. The number of rotatable bonds is 10. The summed E-state index contributed by atoms with van der Waals surface area (Å²) in [6.45, 7) is 4.49. The number of carbonyl (C=O) groups excluding carboxylic acids is 2. The second-order valence-corrected chi connectivity index (χ2v) is 10.4. The molecule has 0 spiro atoms. The largest absolute Gasteiger partial charge is 0.341 e. The number of carbonyl (C=O) groups is 2.